The van der Waals surface area contributed by atoms with Crippen molar-refractivity contribution < 1.29 is 4.79 Å². The molecular formula is C14H28N2O. The van der Waals surface area contributed by atoms with E-state index in [2.05, 4.69) is 31.4 Å². The molecule has 3 nitrogen and oxygen atoms in total. The van der Waals surface area contributed by atoms with E-state index in [4.69, 9.17) is 0 Å². The van der Waals surface area contributed by atoms with E-state index in [-0.39, 0.29) is 5.91 Å². The molecule has 0 aromatic rings. The molecule has 3 heteroatoms. The Hall–Kier alpha value is -0.570. The summed E-state index contributed by atoms with van der Waals surface area (Å²) in [6.45, 7) is 8.77. The minimum atomic E-state index is 0.229. The molecule has 0 bridgehead atoms. The SMILES string of the molecule is CCC(C)CC(C)NC(=O)CCC1CCNC1. The molecule has 1 heterocycles. The molecule has 1 fully saturated rings. The molecule has 0 spiro atoms. The van der Waals surface area contributed by atoms with Crippen molar-refractivity contribution in [2.24, 2.45) is 11.8 Å². The van der Waals surface area contributed by atoms with Gasteiger partial charge in [-0.3, -0.25) is 4.79 Å². The van der Waals surface area contributed by atoms with E-state index in [1.807, 2.05) is 0 Å². The molecule has 0 radical (unpaired) electrons. The molecule has 1 rings (SSSR count). The van der Waals surface area contributed by atoms with Gasteiger partial charge >= 0.3 is 0 Å². The largest absolute Gasteiger partial charge is 0.354 e. The van der Waals surface area contributed by atoms with Gasteiger partial charge in [0.25, 0.3) is 0 Å². The van der Waals surface area contributed by atoms with Gasteiger partial charge in [-0.1, -0.05) is 20.3 Å². The van der Waals surface area contributed by atoms with Gasteiger partial charge in [0.1, 0.15) is 0 Å². The van der Waals surface area contributed by atoms with Gasteiger partial charge < -0.3 is 10.6 Å². The number of hydrogen-bond acceptors (Lipinski definition) is 2. The molecular weight excluding hydrogens is 212 g/mol. The highest BCUT2D eigenvalue weighted by atomic mass is 16.1. The summed E-state index contributed by atoms with van der Waals surface area (Å²) in [6, 6.07) is 0.319. The zero-order valence-corrected chi connectivity index (χ0v) is 11.6. The first kappa shape index (κ1) is 14.5. The summed E-state index contributed by atoms with van der Waals surface area (Å²) >= 11 is 0. The predicted molar refractivity (Wildman–Crippen MR) is 71.9 cm³/mol. The lowest BCUT2D eigenvalue weighted by atomic mass is 9.99. The maximum atomic E-state index is 11.7. The van der Waals surface area contributed by atoms with Crippen molar-refractivity contribution in [3.8, 4) is 0 Å². The van der Waals surface area contributed by atoms with Crippen molar-refractivity contribution in [2.75, 3.05) is 13.1 Å². The Labute approximate surface area is 106 Å². The van der Waals surface area contributed by atoms with Crippen LogP contribution in [0.5, 0.6) is 0 Å². The van der Waals surface area contributed by atoms with Gasteiger partial charge in [0.2, 0.25) is 5.91 Å². The predicted octanol–water partition coefficient (Wildman–Crippen LogP) is 2.32. The van der Waals surface area contributed by atoms with Crippen LogP contribution in [0.1, 0.15) is 52.9 Å². The first-order valence-electron chi connectivity index (χ1n) is 7.11. The minimum Gasteiger partial charge on any atom is -0.354 e. The molecule has 1 amide bonds. The fourth-order valence-corrected chi connectivity index (χ4v) is 2.47. The standard InChI is InChI=1S/C14H28N2O/c1-4-11(2)9-12(3)16-14(17)6-5-13-7-8-15-10-13/h11-13,15H,4-10H2,1-3H3,(H,16,17). The topological polar surface area (TPSA) is 41.1 Å². The highest BCUT2D eigenvalue weighted by molar-refractivity contribution is 5.76. The number of nitrogens with one attached hydrogen (secondary N) is 2. The number of amides is 1. The van der Waals surface area contributed by atoms with Crippen molar-refractivity contribution in [2.45, 2.75) is 58.9 Å². The average Bonchev–Trinajstić information content (AvgIpc) is 2.78. The smallest absolute Gasteiger partial charge is 0.220 e. The summed E-state index contributed by atoms with van der Waals surface area (Å²) in [5.41, 5.74) is 0. The lowest BCUT2D eigenvalue weighted by Crippen LogP contribution is -2.33. The first-order chi connectivity index (χ1) is 8.11. The van der Waals surface area contributed by atoms with Crippen molar-refractivity contribution in [3.05, 3.63) is 0 Å². The Bertz CT molecular complexity index is 224. The van der Waals surface area contributed by atoms with Gasteiger partial charge in [0, 0.05) is 12.5 Å². The summed E-state index contributed by atoms with van der Waals surface area (Å²) in [5.74, 6) is 1.64. The maximum Gasteiger partial charge on any atom is 0.220 e. The van der Waals surface area contributed by atoms with Gasteiger partial charge in [-0.2, -0.15) is 0 Å². The molecule has 0 aromatic heterocycles. The molecule has 1 aliphatic heterocycles. The lowest BCUT2D eigenvalue weighted by Gasteiger charge is -2.18. The summed E-state index contributed by atoms with van der Waals surface area (Å²) in [5, 5.41) is 6.45. The third-order valence-electron chi connectivity index (χ3n) is 3.80. The monoisotopic (exact) mass is 240 g/mol. The number of rotatable bonds is 7. The van der Waals surface area contributed by atoms with E-state index in [1.54, 1.807) is 0 Å². The van der Waals surface area contributed by atoms with Crippen molar-refractivity contribution in [1.29, 1.82) is 0 Å². The highest BCUT2D eigenvalue weighted by Crippen LogP contribution is 2.14. The highest BCUT2D eigenvalue weighted by Gasteiger charge is 2.16. The molecule has 0 aliphatic carbocycles. The normalized spacial score (nSPS) is 23.4. The maximum absolute atomic E-state index is 11.7. The lowest BCUT2D eigenvalue weighted by molar-refractivity contribution is -0.122. The van der Waals surface area contributed by atoms with Crippen LogP contribution in [-0.2, 0) is 4.79 Å². The van der Waals surface area contributed by atoms with Crippen LogP contribution in [0, 0.1) is 11.8 Å². The average molecular weight is 240 g/mol. The van der Waals surface area contributed by atoms with Crippen molar-refractivity contribution in [3.63, 3.8) is 0 Å². The van der Waals surface area contributed by atoms with Crippen LogP contribution in [0.15, 0.2) is 0 Å². The van der Waals surface area contributed by atoms with Crippen LogP contribution >= 0.6 is 0 Å². The second-order valence-electron chi connectivity index (χ2n) is 5.62. The Morgan fingerprint density at radius 3 is 2.82 bits per heavy atom. The van der Waals surface area contributed by atoms with E-state index in [0.29, 0.717) is 24.3 Å². The van der Waals surface area contributed by atoms with Gasteiger partial charge in [0.15, 0.2) is 0 Å². The third-order valence-corrected chi connectivity index (χ3v) is 3.80. The second-order valence-corrected chi connectivity index (χ2v) is 5.62. The second kappa shape index (κ2) is 7.70. The van der Waals surface area contributed by atoms with Crippen LogP contribution in [0.25, 0.3) is 0 Å². The molecule has 100 valence electrons. The Balaban J connectivity index is 2.10. The van der Waals surface area contributed by atoms with Crippen LogP contribution in [0.4, 0.5) is 0 Å². The molecule has 3 atom stereocenters. The molecule has 3 unspecified atom stereocenters. The van der Waals surface area contributed by atoms with Crippen molar-refractivity contribution in [1.82, 2.24) is 10.6 Å². The summed E-state index contributed by atoms with van der Waals surface area (Å²) in [6.07, 6.45) is 5.24. The van der Waals surface area contributed by atoms with Crippen LogP contribution in [0.3, 0.4) is 0 Å². The molecule has 1 saturated heterocycles. The van der Waals surface area contributed by atoms with E-state index in [0.717, 1.165) is 25.9 Å². The zero-order chi connectivity index (χ0) is 12.7. The number of carbonyl (C=O) groups is 1. The molecule has 17 heavy (non-hydrogen) atoms. The van der Waals surface area contributed by atoms with E-state index in [1.165, 1.54) is 12.8 Å². The van der Waals surface area contributed by atoms with Gasteiger partial charge in [-0.05, 0) is 51.1 Å². The first-order valence-corrected chi connectivity index (χ1v) is 7.11. The molecule has 0 saturated carbocycles. The quantitative estimate of drug-likeness (QED) is 0.717. The van der Waals surface area contributed by atoms with E-state index in [9.17, 15) is 4.79 Å². The van der Waals surface area contributed by atoms with Crippen LogP contribution in [-0.4, -0.2) is 25.0 Å². The molecule has 1 aliphatic rings. The number of carbonyl (C=O) groups excluding carboxylic acids is 1. The van der Waals surface area contributed by atoms with Gasteiger partial charge in [0.05, 0.1) is 0 Å². The van der Waals surface area contributed by atoms with Gasteiger partial charge in [-0.15, -0.1) is 0 Å². The Morgan fingerprint density at radius 2 is 2.24 bits per heavy atom. The summed E-state index contributed by atoms with van der Waals surface area (Å²) in [4.78, 5) is 11.7. The van der Waals surface area contributed by atoms with Crippen LogP contribution < -0.4 is 10.6 Å². The fourth-order valence-electron chi connectivity index (χ4n) is 2.47. The van der Waals surface area contributed by atoms with Crippen LogP contribution in [0.2, 0.25) is 0 Å². The number of hydrogen-bond donors (Lipinski definition) is 2. The zero-order valence-electron chi connectivity index (χ0n) is 11.6. The Kier molecular flexibility index (Phi) is 6.56. The minimum absolute atomic E-state index is 0.229. The molecule has 2 N–H and O–H groups in total. The fraction of sp³-hybridized carbons (Fsp3) is 0.929. The Morgan fingerprint density at radius 1 is 1.47 bits per heavy atom. The van der Waals surface area contributed by atoms with Gasteiger partial charge in [-0.25, -0.2) is 0 Å². The van der Waals surface area contributed by atoms with E-state index < -0.39 is 0 Å². The third kappa shape index (κ3) is 6.06. The summed E-state index contributed by atoms with van der Waals surface area (Å²) < 4.78 is 0. The molecule has 0 aromatic carbocycles. The summed E-state index contributed by atoms with van der Waals surface area (Å²) in [7, 11) is 0. The van der Waals surface area contributed by atoms with Crippen molar-refractivity contribution >= 4 is 5.91 Å². The van der Waals surface area contributed by atoms with E-state index >= 15 is 0 Å².